The molecule has 1 aliphatic rings. The Bertz CT molecular complexity index is 818. The van der Waals surface area contributed by atoms with Crippen LogP contribution in [-0.4, -0.2) is 44.4 Å². The molecule has 2 rings (SSSR count). The van der Waals surface area contributed by atoms with Gasteiger partial charge in [-0.1, -0.05) is 25.7 Å². The second-order valence-electron chi connectivity index (χ2n) is 8.80. The van der Waals surface area contributed by atoms with Crippen molar-refractivity contribution in [2.24, 2.45) is 0 Å². The summed E-state index contributed by atoms with van der Waals surface area (Å²) in [7, 11) is -3.31. The van der Waals surface area contributed by atoms with E-state index in [2.05, 4.69) is 10.6 Å². The lowest BCUT2D eigenvalue weighted by molar-refractivity contribution is 0.0437. The molecule has 0 atom stereocenters. The highest BCUT2D eigenvalue weighted by atomic mass is 32.2. The van der Waals surface area contributed by atoms with Gasteiger partial charge in [-0.25, -0.2) is 13.2 Å². The van der Waals surface area contributed by atoms with Crippen molar-refractivity contribution in [2.75, 3.05) is 12.8 Å². The Kier molecular flexibility index (Phi) is 7.32. The second-order valence-corrected chi connectivity index (χ2v) is 10.8. The minimum atomic E-state index is -3.31. The van der Waals surface area contributed by atoms with Crippen LogP contribution in [0.3, 0.4) is 0 Å². The van der Waals surface area contributed by atoms with Crippen LogP contribution in [0.15, 0.2) is 29.2 Å². The summed E-state index contributed by atoms with van der Waals surface area (Å²) in [5.74, 6) is -0.306. The average molecular weight is 425 g/mol. The van der Waals surface area contributed by atoms with E-state index in [-0.39, 0.29) is 10.8 Å². The molecule has 0 saturated heterocycles. The Morgan fingerprint density at radius 1 is 1.03 bits per heavy atom. The molecule has 0 aliphatic heterocycles. The van der Waals surface area contributed by atoms with Crippen molar-refractivity contribution in [3.8, 4) is 0 Å². The third kappa shape index (κ3) is 7.34. The van der Waals surface area contributed by atoms with Gasteiger partial charge in [0.2, 0.25) is 0 Å². The fourth-order valence-corrected chi connectivity index (χ4v) is 4.11. The maximum absolute atomic E-state index is 12.6. The van der Waals surface area contributed by atoms with Crippen molar-refractivity contribution in [2.45, 2.75) is 75.3 Å². The Morgan fingerprint density at radius 3 is 2.07 bits per heavy atom. The zero-order valence-corrected chi connectivity index (χ0v) is 18.5. The molecule has 0 aromatic heterocycles. The predicted molar refractivity (Wildman–Crippen MR) is 112 cm³/mol. The highest BCUT2D eigenvalue weighted by Crippen LogP contribution is 2.27. The number of sulfone groups is 1. The van der Waals surface area contributed by atoms with Gasteiger partial charge in [0.05, 0.1) is 10.4 Å². The van der Waals surface area contributed by atoms with E-state index in [9.17, 15) is 18.0 Å². The van der Waals surface area contributed by atoms with Crippen LogP contribution in [0.2, 0.25) is 0 Å². The highest BCUT2D eigenvalue weighted by molar-refractivity contribution is 7.90. The lowest BCUT2D eigenvalue weighted by Gasteiger charge is -2.35. The molecule has 7 nitrogen and oxygen atoms in total. The quantitative estimate of drug-likeness (QED) is 0.705. The zero-order valence-electron chi connectivity index (χ0n) is 17.7. The first-order valence-electron chi connectivity index (χ1n) is 10.00. The predicted octanol–water partition coefficient (Wildman–Crippen LogP) is 3.44. The van der Waals surface area contributed by atoms with Crippen LogP contribution in [0.5, 0.6) is 0 Å². The van der Waals surface area contributed by atoms with Crippen LogP contribution < -0.4 is 10.6 Å². The molecule has 1 aliphatic carbocycles. The van der Waals surface area contributed by atoms with Gasteiger partial charge in [0.25, 0.3) is 5.91 Å². The van der Waals surface area contributed by atoms with Crippen molar-refractivity contribution in [3.05, 3.63) is 29.8 Å². The second kappa shape index (κ2) is 9.15. The highest BCUT2D eigenvalue weighted by Gasteiger charge is 2.34. The first-order chi connectivity index (χ1) is 13.4. The molecule has 0 heterocycles. The zero-order chi connectivity index (χ0) is 21.7. The van der Waals surface area contributed by atoms with E-state index in [1.807, 2.05) is 20.8 Å². The van der Waals surface area contributed by atoms with Crippen LogP contribution in [0, 0.1) is 0 Å². The van der Waals surface area contributed by atoms with Crippen molar-refractivity contribution >= 4 is 21.8 Å². The summed E-state index contributed by atoms with van der Waals surface area (Å²) in [6.45, 7) is 5.73. The van der Waals surface area contributed by atoms with E-state index in [0.717, 1.165) is 44.8 Å². The molecule has 2 amide bonds. The van der Waals surface area contributed by atoms with Gasteiger partial charge in [-0.3, -0.25) is 4.79 Å². The lowest BCUT2D eigenvalue weighted by atomic mass is 9.90. The normalized spacial score (nSPS) is 17.1. The van der Waals surface area contributed by atoms with Crippen molar-refractivity contribution < 1.29 is 22.7 Å². The Labute approximate surface area is 173 Å². The molecule has 29 heavy (non-hydrogen) atoms. The maximum atomic E-state index is 12.6. The molecule has 1 fully saturated rings. The van der Waals surface area contributed by atoms with Gasteiger partial charge >= 0.3 is 6.09 Å². The van der Waals surface area contributed by atoms with Crippen LogP contribution >= 0.6 is 0 Å². The molecule has 1 aromatic rings. The van der Waals surface area contributed by atoms with E-state index in [1.165, 1.54) is 24.3 Å². The number of carbonyl (C=O) groups excluding carboxylic acids is 2. The summed E-state index contributed by atoms with van der Waals surface area (Å²) in [6.07, 6.45) is 6.30. The summed E-state index contributed by atoms with van der Waals surface area (Å²) < 4.78 is 28.6. The molecule has 0 bridgehead atoms. The molecule has 0 spiro atoms. The van der Waals surface area contributed by atoms with E-state index in [0.29, 0.717) is 12.1 Å². The summed E-state index contributed by atoms with van der Waals surface area (Å²) >= 11 is 0. The third-order valence-electron chi connectivity index (χ3n) is 4.96. The number of ether oxygens (including phenoxy) is 1. The summed E-state index contributed by atoms with van der Waals surface area (Å²) in [4.78, 5) is 25.1. The van der Waals surface area contributed by atoms with Gasteiger partial charge in [0.1, 0.15) is 5.60 Å². The number of hydrogen-bond acceptors (Lipinski definition) is 5. The van der Waals surface area contributed by atoms with Gasteiger partial charge in [0, 0.05) is 18.4 Å². The number of carbonyl (C=O) groups is 2. The molecule has 0 radical (unpaired) electrons. The SMILES string of the molecule is CC(C)(C)OC(=O)NC1(CNC(=O)c2ccc(S(C)(=O)=O)cc2)CCCCCC1. The van der Waals surface area contributed by atoms with E-state index >= 15 is 0 Å². The van der Waals surface area contributed by atoms with Crippen LogP contribution in [0.1, 0.15) is 69.7 Å². The van der Waals surface area contributed by atoms with Gasteiger partial charge in [-0.05, 0) is 57.9 Å². The molecule has 8 heteroatoms. The Balaban J connectivity index is 2.08. The standard InChI is InChI=1S/C21H32N2O5S/c1-20(2,3)28-19(25)23-21(13-7-5-6-8-14-21)15-22-18(24)16-9-11-17(12-10-16)29(4,26)27/h9-12H,5-8,13-15H2,1-4H3,(H,22,24)(H,23,25). The third-order valence-corrected chi connectivity index (χ3v) is 6.09. The summed E-state index contributed by atoms with van der Waals surface area (Å²) in [5.41, 5.74) is -0.777. The fraction of sp³-hybridized carbons (Fsp3) is 0.619. The Morgan fingerprint density at radius 2 is 1.59 bits per heavy atom. The fourth-order valence-electron chi connectivity index (χ4n) is 3.48. The molecular weight excluding hydrogens is 392 g/mol. The van der Waals surface area contributed by atoms with Crippen molar-refractivity contribution in [1.29, 1.82) is 0 Å². The van der Waals surface area contributed by atoms with Crippen molar-refractivity contribution in [1.82, 2.24) is 10.6 Å². The van der Waals surface area contributed by atoms with Gasteiger partial charge in [-0.15, -0.1) is 0 Å². The van der Waals surface area contributed by atoms with Crippen LogP contribution in [0.25, 0.3) is 0 Å². The van der Waals surface area contributed by atoms with Crippen LogP contribution in [0.4, 0.5) is 4.79 Å². The average Bonchev–Trinajstić information content (AvgIpc) is 2.83. The first kappa shape index (κ1) is 23.2. The molecule has 2 N–H and O–H groups in total. The number of alkyl carbamates (subject to hydrolysis) is 1. The maximum Gasteiger partial charge on any atom is 0.408 e. The summed E-state index contributed by atoms with van der Waals surface area (Å²) in [6, 6.07) is 5.83. The number of rotatable bonds is 5. The molecule has 1 saturated carbocycles. The number of hydrogen-bond donors (Lipinski definition) is 2. The number of benzene rings is 1. The first-order valence-corrected chi connectivity index (χ1v) is 11.9. The molecule has 1 aromatic carbocycles. The topological polar surface area (TPSA) is 102 Å². The van der Waals surface area contributed by atoms with Crippen molar-refractivity contribution in [3.63, 3.8) is 0 Å². The van der Waals surface area contributed by atoms with E-state index in [4.69, 9.17) is 4.74 Å². The van der Waals surface area contributed by atoms with E-state index in [1.54, 1.807) is 0 Å². The van der Waals surface area contributed by atoms with Gasteiger partial charge in [0.15, 0.2) is 9.84 Å². The Hall–Kier alpha value is -2.09. The lowest BCUT2D eigenvalue weighted by Crippen LogP contribution is -2.56. The number of amides is 2. The smallest absolute Gasteiger partial charge is 0.408 e. The number of nitrogens with one attached hydrogen (secondary N) is 2. The molecule has 0 unspecified atom stereocenters. The minimum Gasteiger partial charge on any atom is -0.444 e. The monoisotopic (exact) mass is 424 g/mol. The van der Waals surface area contributed by atoms with Gasteiger partial charge in [-0.2, -0.15) is 0 Å². The van der Waals surface area contributed by atoms with Gasteiger partial charge < -0.3 is 15.4 Å². The molecular formula is C21H32N2O5S. The van der Waals surface area contributed by atoms with E-state index < -0.39 is 27.1 Å². The van der Waals surface area contributed by atoms with Crippen LogP contribution in [-0.2, 0) is 14.6 Å². The largest absolute Gasteiger partial charge is 0.444 e. The molecule has 162 valence electrons. The summed E-state index contributed by atoms with van der Waals surface area (Å²) in [5, 5.41) is 5.91. The minimum absolute atomic E-state index is 0.167.